The molecule has 0 spiro atoms. The van der Waals surface area contributed by atoms with Crippen molar-refractivity contribution in [2.45, 2.75) is 46.2 Å². The van der Waals surface area contributed by atoms with Gasteiger partial charge in [-0.05, 0) is 6.92 Å². The molecule has 19 heavy (non-hydrogen) atoms. The second-order valence-electron chi connectivity index (χ2n) is 5.63. The summed E-state index contributed by atoms with van der Waals surface area (Å²) in [6.07, 6.45) is 5.57. The molecule has 0 saturated carbocycles. The Kier molecular flexibility index (Phi) is 4.27. The lowest BCUT2D eigenvalue weighted by atomic mass is 9.98. The maximum absolute atomic E-state index is 4.48. The largest absolute Gasteiger partial charge is 0.306 e. The van der Waals surface area contributed by atoms with Crippen molar-refractivity contribution in [3.63, 3.8) is 0 Å². The average molecular weight is 276 g/mol. The highest BCUT2D eigenvalue weighted by atomic mass is 32.1. The highest BCUT2D eigenvalue weighted by Gasteiger charge is 2.17. The molecule has 102 valence electrons. The van der Waals surface area contributed by atoms with E-state index in [1.54, 1.807) is 17.5 Å². The summed E-state index contributed by atoms with van der Waals surface area (Å²) in [6.45, 7) is 10.1. The third-order valence-corrected chi connectivity index (χ3v) is 4.06. The fraction of sp³-hybridized carbons (Fsp3) is 0.500. The summed E-state index contributed by atoms with van der Waals surface area (Å²) < 4.78 is 0. The van der Waals surface area contributed by atoms with Crippen molar-refractivity contribution < 1.29 is 0 Å². The smallest absolute Gasteiger partial charge is 0.0981 e. The molecular weight excluding hydrogens is 256 g/mol. The monoisotopic (exact) mass is 276 g/mol. The molecule has 0 radical (unpaired) electrons. The van der Waals surface area contributed by atoms with E-state index in [1.807, 2.05) is 19.3 Å². The minimum Gasteiger partial charge on any atom is -0.306 e. The molecule has 2 aromatic rings. The fourth-order valence-electron chi connectivity index (χ4n) is 1.56. The van der Waals surface area contributed by atoms with Crippen LogP contribution in [0.25, 0.3) is 0 Å². The van der Waals surface area contributed by atoms with Gasteiger partial charge in [0.25, 0.3) is 0 Å². The molecule has 0 saturated heterocycles. The van der Waals surface area contributed by atoms with E-state index in [1.165, 1.54) is 9.88 Å². The summed E-state index contributed by atoms with van der Waals surface area (Å²) in [4.78, 5) is 14.3. The van der Waals surface area contributed by atoms with Crippen molar-refractivity contribution in [1.82, 2.24) is 20.3 Å². The maximum atomic E-state index is 4.48. The zero-order chi connectivity index (χ0) is 13.9. The van der Waals surface area contributed by atoms with Crippen LogP contribution in [0.15, 0.2) is 18.6 Å². The van der Waals surface area contributed by atoms with Crippen LogP contribution < -0.4 is 5.32 Å². The quantitative estimate of drug-likeness (QED) is 0.933. The summed E-state index contributed by atoms with van der Waals surface area (Å²) in [7, 11) is 0. The van der Waals surface area contributed by atoms with Crippen molar-refractivity contribution in [3.8, 4) is 0 Å². The first kappa shape index (κ1) is 14.1. The number of rotatable bonds is 4. The molecule has 4 nitrogen and oxygen atoms in total. The molecule has 0 aliphatic rings. The molecule has 0 aliphatic carbocycles. The van der Waals surface area contributed by atoms with E-state index in [-0.39, 0.29) is 5.41 Å². The van der Waals surface area contributed by atoms with Crippen LogP contribution in [0.4, 0.5) is 0 Å². The van der Waals surface area contributed by atoms with Gasteiger partial charge < -0.3 is 5.32 Å². The molecule has 5 heteroatoms. The molecular formula is C14H20N4S. The van der Waals surface area contributed by atoms with Gasteiger partial charge in [-0.15, -0.1) is 11.3 Å². The third kappa shape index (κ3) is 4.08. The maximum Gasteiger partial charge on any atom is 0.0981 e. The van der Waals surface area contributed by atoms with Gasteiger partial charge in [0.15, 0.2) is 0 Å². The normalized spacial score (nSPS) is 11.8. The first-order valence-electron chi connectivity index (χ1n) is 6.38. The summed E-state index contributed by atoms with van der Waals surface area (Å²) in [6, 6.07) is 0. The van der Waals surface area contributed by atoms with Gasteiger partial charge in [-0.3, -0.25) is 9.97 Å². The SMILES string of the molecule is Cc1cnc(CNCc2cnc(C(C)(C)C)s2)cn1. The van der Waals surface area contributed by atoms with Gasteiger partial charge in [-0.1, -0.05) is 20.8 Å². The fourth-order valence-corrected chi connectivity index (χ4v) is 2.50. The predicted octanol–water partition coefficient (Wildman–Crippen LogP) is 2.83. The van der Waals surface area contributed by atoms with Crippen LogP contribution in [0.3, 0.4) is 0 Å². The zero-order valence-corrected chi connectivity index (χ0v) is 12.7. The molecule has 2 aromatic heterocycles. The van der Waals surface area contributed by atoms with Gasteiger partial charge in [-0.2, -0.15) is 0 Å². The molecule has 0 amide bonds. The Hall–Kier alpha value is -1.33. The molecule has 0 aliphatic heterocycles. The minimum atomic E-state index is 0.130. The lowest BCUT2D eigenvalue weighted by Gasteiger charge is -2.13. The Bertz CT molecular complexity index is 525. The van der Waals surface area contributed by atoms with Crippen LogP contribution in [0.2, 0.25) is 0 Å². The van der Waals surface area contributed by atoms with E-state index in [4.69, 9.17) is 0 Å². The minimum absolute atomic E-state index is 0.130. The average Bonchev–Trinajstić information content (AvgIpc) is 2.80. The summed E-state index contributed by atoms with van der Waals surface area (Å²) in [5, 5.41) is 4.55. The molecule has 1 N–H and O–H groups in total. The Morgan fingerprint density at radius 3 is 2.42 bits per heavy atom. The van der Waals surface area contributed by atoms with E-state index >= 15 is 0 Å². The van der Waals surface area contributed by atoms with E-state index in [9.17, 15) is 0 Å². The molecule has 0 atom stereocenters. The van der Waals surface area contributed by atoms with Gasteiger partial charge in [0, 0.05) is 42.0 Å². The van der Waals surface area contributed by atoms with Gasteiger partial charge >= 0.3 is 0 Å². The van der Waals surface area contributed by atoms with Gasteiger partial charge in [0.05, 0.1) is 16.4 Å². The van der Waals surface area contributed by atoms with Crippen LogP contribution in [0, 0.1) is 6.92 Å². The van der Waals surface area contributed by atoms with E-state index in [2.05, 4.69) is 41.0 Å². The van der Waals surface area contributed by atoms with Crippen LogP contribution in [-0.2, 0) is 18.5 Å². The highest BCUT2D eigenvalue weighted by molar-refractivity contribution is 7.11. The standard InChI is InChI=1S/C14H20N4S/c1-10-5-17-11(7-16-10)6-15-8-12-9-18-13(19-12)14(2,3)4/h5,7,9,15H,6,8H2,1-4H3. The van der Waals surface area contributed by atoms with Crippen molar-refractivity contribution >= 4 is 11.3 Å². The summed E-state index contributed by atoms with van der Waals surface area (Å²) >= 11 is 1.77. The van der Waals surface area contributed by atoms with Gasteiger partial charge in [-0.25, -0.2) is 4.98 Å². The number of hydrogen-bond acceptors (Lipinski definition) is 5. The molecule has 0 fully saturated rings. The van der Waals surface area contributed by atoms with Crippen molar-refractivity contribution in [2.75, 3.05) is 0 Å². The van der Waals surface area contributed by atoms with E-state index < -0.39 is 0 Å². The zero-order valence-electron chi connectivity index (χ0n) is 11.9. The molecule has 0 bridgehead atoms. The molecule has 0 unspecified atom stereocenters. The number of aromatic nitrogens is 3. The summed E-state index contributed by atoms with van der Waals surface area (Å²) in [5.74, 6) is 0. The number of aryl methyl sites for hydroxylation is 1. The van der Waals surface area contributed by atoms with Gasteiger partial charge in [0.1, 0.15) is 0 Å². The Morgan fingerprint density at radius 1 is 1.05 bits per heavy atom. The topological polar surface area (TPSA) is 50.7 Å². The molecule has 2 rings (SSSR count). The second-order valence-corrected chi connectivity index (χ2v) is 6.75. The third-order valence-electron chi connectivity index (χ3n) is 2.63. The Morgan fingerprint density at radius 2 is 1.84 bits per heavy atom. The number of thiazole rings is 1. The first-order chi connectivity index (χ1) is 8.95. The Labute approximate surface area is 118 Å². The van der Waals surface area contributed by atoms with Crippen molar-refractivity contribution in [1.29, 1.82) is 0 Å². The predicted molar refractivity (Wildman–Crippen MR) is 78.1 cm³/mol. The number of nitrogens with one attached hydrogen (secondary N) is 1. The second kappa shape index (κ2) is 5.75. The van der Waals surface area contributed by atoms with E-state index in [0.29, 0.717) is 0 Å². The van der Waals surface area contributed by atoms with Crippen molar-refractivity contribution in [2.24, 2.45) is 0 Å². The first-order valence-corrected chi connectivity index (χ1v) is 7.20. The molecule has 0 aromatic carbocycles. The molecule has 2 heterocycles. The van der Waals surface area contributed by atoms with E-state index in [0.717, 1.165) is 24.5 Å². The van der Waals surface area contributed by atoms with Crippen LogP contribution in [0.5, 0.6) is 0 Å². The number of nitrogens with zero attached hydrogens (tertiary/aromatic N) is 3. The van der Waals surface area contributed by atoms with Crippen LogP contribution in [0.1, 0.15) is 42.0 Å². The summed E-state index contributed by atoms with van der Waals surface area (Å²) in [5.41, 5.74) is 2.04. The highest BCUT2D eigenvalue weighted by Crippen LogP contribution is 2.26. The Balaban J connectivity index is 1.86. The van der Waals surface area contributed by atoms with Crippen LogP contribution in [-0.4, -0.2) is 15.0 Å². The lowest BCUT2D eigenvalue weighted by molar-refractivity contribution is 0.585. The van der Waals surface area contributed by atoms with Crippen molar-refractivity contribution in [3.05, 3.63) is 39.9 Å². The van der Waals surface area contributed by atoms with Crippen LogP contribution >= 0.6 is 11.3 Å². The van der Waals surface area contributed by atoms with Gasteiger partial charge in [0.2, 0.25) is 0 Å². The number of hydrogen-bond donors (Lipinski definition) is 1. The lowest BCUT2D eigenvalue weighted by Crippen LogP contribution is -2.13.